The quantitative estimate of drug-likeness (QED) is 0.858. The van der Waals surface area contributed by atoms with Gasteiger partial charge in [-0.25, -0.2) is 4.79 Å². The van der Waals surface area contributed by atoms with Crippen LogP contribution in [0.1, 0.15) is 35.4 Å². The monoisotopic (exact) mass is 321 g/mol. The number of furan rings is 1. The van der Waals surface area contributed by atoms with E-state index in [1.807, 2.05) is 51.5 Å². The van der Waals surface area contributed by atoms with Gasteiger partial charge in [-0.15, -0.1) is 11.3 Å². The lowest BCUT2D eigenvalue weighted by atomic mass is 10.2. The number of carbonyl (C=O) groups is 1. The molecule has 2 amide bonds. The molecule has 0 fully saturated rings. The van der Waals surface area contributed by atoms with E-state index in [4.69, 9.17) is 4.42 Å². The van der Waals surface area contributed by atoms with Crippen molar-refractivity contribution in [3.63, 3.8) is 0 Å². The Kier molecular flexibility index (Phi) is 5.63. The van der Waals surface area contributed by atoms with Gasteiger partial charge in [0.1, 0.15) is 11.5 Å². The Hall–Kier alpha value is -1.79. The first-order chi connectivity index (χ1) is 10.5. The molecule has 2 aromatic rings. The molecule has 22 heavy (non-hydrogen) atoms. The molecule has 0 aromatic carbocycles. The van der Waals surface area contributed by atoms with Gasteiger partial charge < -0.3 is 20.0 Å². The molecule has 0 saturated heterocycles. The van der Waals surface area contributed by atoms with Crippen LogP contribution < -0.4 is 10.6 Å². The Labute approximate surface area is 135 Å². The van der Waals surface area contributed by atoms with E-state index in [1.165, 1.54) is 4.88 Å². The van der Waals surface area contributed by atoms with Crippen molar-refractivity contribution in [2.45, 2.75) is 25.9 Å². The van der Waals surface area contributed by atoms with E-state index in [0.29, 0.717) is 6.54 Å². The van der Waals surface area contributed by atoms with Crippen molar-refractivity contribution in [2.75, 3.05) is 20.6 Å². The van der Waals surface area contributed by atoms with Crippen molar-refractivity contribution in [3.8, 4) is 0 Å². The summed E-state index contributed by atoms with van der Waals surface area (Å²) in [5, 5.41) is 7.87. The van der Waals surface area contributed by atoms with E-state index in [1.54, 1.807) is 11.3 Å². The van der Waals surface area contributed by atoms with Gasteiger partial charge in [0, 0.05) is 11.4 Å². The average Bonchev–Trinajstić information content (AvgIpc) is 3.10. The van der Waals surface area contributed by atoms with Crippen molar-refractivity contribution in [2.24, 2.45) is 0 Å². The third-order valence-corrected chi connectivity index (χ3v) is 4.46. The minimum Gasteiger partial charge on any atom is -0.464 e. The molecule has 0 aliphatic carbocycles. The Morgan fingerprint density at radius 2 is 2.14 bits per heavy atom. The number of likely N-dealkylation sites (N-methyl/N-ethyl adjacent to an activating group) is 1. The van der Waals surface area contributed by atoms with Gasteiger partial charge in [0.15, 0.2) is 0 Å². The molecular formula is C16H23N3O2S. The third kappa shape index (κ3) is 4.35. The smallest absolute Gasteiger partial charge is 0.315 e. The largest absolute Gasteiger partial charge is 0.464 e. The average molecular weight is 321 g/mol. The van der Waals surface area contributed by atoms with Crippen LogP contribution in [0.25, 0.3) is 0 Å². The minimum atomic E-state index is -0.190. The maximum absolute atomic E-state index is 12.1. The summed E-state index contributed by atoms with van der Waals surface area (Å²) in [4.78, 5) is 15.4. The summed E-state index contributed by atoms with van der Waals surface area (Å²) >= 11 is 1.70. The van der Waals surface area contributed by atoms with Crippen LogP contribution in [0.15, 0.2) is 34.1 Å². The zero-order valence-corrected chi connectivity index (χ0v) is 14.2. The summed E-state index contributed by atoms with van der Waals surface area (Å²) in [5.74, 6) is 1.60. The molecule has 0 aliphatic heterocycles. The summed E-state index contributed by atoms with van der Waals surface area (Å²) < 4.78 is 5.52. The molecule has 2 rings (SSSR count). The maximum Gasteiger partial charge on any atom is 0.315 e. The number of nitrogens with zero attached hydrogens (tertiary/aromatic N) is 1. The summed E-state index contributed by atoms with van der Waals surface area (Å²) in [6.07, 6.45) is 0. The number of hydrogen-bond donors (Lipinski definition) is 2. The SMILES string of the molecule is Cc1ccc([C@H](C)NC(=O)NC[C@H](c2cccs2)N(C)C)o1. The minimum absolute atomic E-state index is 0.159. The molecule has 0 aliphatic rings. The second-order valence-electron chi connectivity index (χ2n) is 5.52. The van der Waals surface area contributed by atoms with Crippen molar-refractivity contribution >= 4 is 17.4 Å². The van der Waals surface area contributed by atoms with Gasteiger partial charge in [-0.1, -0.05) is 6.07 Å². The molecule has 6 heteroatoms. The highest BCUT2D eigenvalue weighted by Crippen LogP contribution is 2.22. The van der Waals surface area contributed by atoms with Crippen LogP contribution in [0.4, 0.5) is 4.79 Å². The summed E-state index contributed by atoms with van der Waals surface area (Å²) in [5.41, 5.74) is 0. The highest BCUT2D eigenvalue weighted by molar-refractivity contribution is 7.10. The van der Waals surface area contributed by atoms with Crippen LogP contribution in [-0.2, 0) is 0 Å². The number of thiophene rings is 1. The Bertz CT molecular complexity index is 592. The second kappa shape index (κ2) is 7.47. The molecular weight excluding hydrogens is 298 g/mol. The number of nitrogens with one attached hydrogen (secondary N) is 2. The summed E-state index contributed by atoms with van der Waals surface area (Å²) in [7, 11) is 4.02. The van der Waals surface area contributed by atoms with Crippen molar-refractivity contribution < 1.29 is 9.21 Å². The highest BCUT2D eigenvalue weighted by Gasteiger charge is 2.17. The topological polar surface area (TPSA) is 57.5 Å². The third-order valence-electron chi connectivity index (χ3n) is 3.49. The van der Waals surface area contributed by atoms with Crippen molar-refractivity contribution in [1.29, 1.82) is 0 Å². The van der Waals surface area contributed by atoms with Gasteiger partial charge in [-0.2, -0.15) is 0 Å². The van der Waals surface area contributed by atoms with Gasteiger partial charge in [-0.05, 0) is 51.5 Å². The Morgan fingerprint density at radius 1 is 1.36 bits per heavy atom. The van der Waals surface area contributed by atoms with Crippen LogP contribution in [0.3, 0.4) is 0 Å². The molecule has 0 bridgehead atoms. The van der Waals surface area contributed by atoms with Crippen LogP contribution in [0, 0.1) is 6.92 Å². The summed E-state index contributed by atoms with van der Waals surface area (Å²) in [6.45, 7) is 4.35. The lowest BCUT2D eigenvalue weighted by molar-refractivity contribution is 0.229. The number of hydrogen-bond acceptors (Lipinski definition) is 4. The van der Waals surface area contributed by atoms with E-state index in [9.17, 15) is 4.79 Å². The molecule has 2 heterocycles. The second-order valence-corrected chi connectivity index (χ2v) is 6.50. The Morgan fingerprint density at radius 3 is 2.68 bits per heavy atom. The van der Waals surface area contributed by atoms with E-state index in [2.05, 4.69) is 21.6 Å². The van der Waals surface area contributed by atoms with Gasteiger partial charge in [0.2, 0.25) is 0 Å². The Balaban J connectivity index is 1.86. The van der Waals surface area contributed by atoms with Crippen LogP contribution in [0.2, 0.25) is 0 Å². The first kappa shape index (κ1) is 16.6. The fourth-order valence-electron chi connectivity index (χ4n) is 2.21. The van der Waals surface area contributed by atoms with Crippen LogP contribution >= 0.6 is 11.3 Å². The molecule has 0 unspecified atom stereocenters. The molecule has 5 nitrogen and oxygen atoms in total. The maximum atomic E-state index is 12.1. The van der Waals surface area contributed by atoms with Gasteiger partial charge in [-0.3, -0.25) is 0 Å². The van der Waals surface area contributed by atoms with Gasteiger partial charge >= 0.3 is 6.03 Å². The lowest BCUT2D eigenvalue weighted by Gasteiger charge is -2.24. The van der Waals surface area contributed by atoms with E-state index in [-0.39, 0.29) is 18.1 Å². The molecule has 2 N–H and O–H groups in total. The number of urea groups is 1. The molecule has 0 spiro atoms. The normalized spacial score (nSPS) is 13.9. The lowest BCUT2D eigenvalue weighted by Crippen LogP contribution is -2.41. The van der Waals surface area contributed by atoms with Crippen molar-refractivity contribution in [1.82, 2.24) is 15.5 Å². The first-order valence-corrected chi connectivity index (χ1v) is 8.16. The van der Waals surface area contributed by atoms with E-state index in [0.717, 1.165) is 11.5 Å². The molecule has 120 valence electrons. The molecule has 0 saturated carbocycles. The zero-order valence-electron chi connectivity index (χ0n) is 13.4. The van der Waals surface area contributed by atoms with Crippen LogP contribution in [-0.4, -0.2) is 31.6 Å². The standard InChI is InChI=1S/C16H23N3O2S/c1-11-7-8-14(21-11)12(2)18-16(20)17-10-13(19(3)4)15-6-5-9-22-15/h5-9,12-13H,10H2,1-4H3,(H2,17,18,20)/t12-,13+/m0/s1. The van der Waals surface area contributed by atoms with Gasteiger partial charge in [0.25, 0.3) is 0 Å². The number of rotatable bonds is 6. The molecule has 0 radical (unpaired) electrons. The number of amides is 2. The predicted molar refractivity (Wildman–Crippen MR) is 89.1 cm³/mol. The molecule has 2 aromatic heterocycles. The van der Waals surface area contributed by atoms with Crippen LogP contribution in [0.5, 0.6) is 0 Å². The highest BCUT2D eigenvalue weighted by atomic mass is 32.1. The van der Waals surface area contributed by atoms with Crippen molar-refractivity contribution in [3.05, 3.63) is 46.0 Å². The fourth-order valence-corrected chi connectivity index (χ4v) is 3.14. The summed E-state index contributed by atoms with van der Waals surface area (Å²) in [6, 6.07) is 7.71. The van der Waals surface area contributed by atoms with E-state index < -0.39 is 0 Å². The number of aryl methyl sites for hydroxylation is 1. The predicted octanol–water partition coefficient (Wildman–Crippen LogP) is 3.31. The van der Waals surface area contributed by atoms with Gasteiger partial charge in [0.05, 0.1) is 12.1 Å². The first-order valence-electron chi connectivity index (χ1n) is 7.28. The fraction of sp³-hybridized carbons (Fsp3) is 0.438. The molecule has 2 atom stereocenters. The van der Waals surface area contributed by atoms with E-state index >= 15 is 0 Å². The number of carbonyl (C=O) groups excluding carboxylic acids is 1. The zero-order chi connectivity index (χ0) is 16.1.